The molecule has 0 spiro atoms. The lowest BCUT2D eigenvalue weighted by molar-refractivity contribution is -0.134. The minimum atomic E-state index is -2.41. The first-order valence-electron chi connectivity index (χ1n) is 5.33. The van der Waals surface area contributed by atoms with Crippen LogP contribution in [0.25, 0.3) is 0 Å². The van der Waals surface area contributed by atoms with E-state index in [2.05, 4.69) is 0 Å². The van der Waals surface area contributed by atoms with E-state index in [0.29, 0.717) is 12.3 Å². The highest BCUT2D eigenvalue weighted by Gasteiger charge is 2.23. The lowest BCUT2D eigenvalue weighted by Gasteiger charge is -2.15. The van der Waals surface area contributed by atoms with Gasteiger partial charge >= 0.3 is 5.97 Å². The van der Waals surface area contributed by atoms with E-state index < -0.39 is 13.1 Å². The Labute approximate surface area is 86.3 Å². The van der Waals surface area contributed by atoms with Crippen LogP contribution in [0.1, 0.15) is 39.5 Å². The van der Waals surface area contributed by atoms with Gasteiger partial charge in [0.1, 0.15) is 0 Å². The van der Waals surface area contributed by atoms with Crippen LogP contribution in [0, 0.1) is 0 Å². The maximum absolute atomic E-state index is 12.2. The van der Waals surface area contributed by atoms with E-state index in [1.54, 1.807) is 0 Å². The molecule has 0 aliphatic carbocycles. The standard InChI is InChI=1S/C10H21O3P/c1-3-5-7-14(13,8-6-4-2)9-10(11)12/h3-9H2,1-2H3,(H,11,12). The zero-order valence-electron chi connectivity index (χ0n) is 9.16. The van der Waals surface area contributed by atoms with Crippen LogP contribution >= 0.6 is 7.14 Å². The van der Waals surface area contributed by atoms with Crippen LogP contribution < -0.4 is 0 Å². The Balaban J connectivity index is 4.18. The van der Waals surface area contributed by atoms with E-state index in [-0.39, 0.29) is 6.16 Å². The monoisotopic (exact) mass is 220 g/mol. The molecular weight excluding hydrogens is 199 g/mol. The Morgan fingerprint density at radius 2 is 1.57 bits per heavy atom. The molecule has 0 saturated carbocycles. The summed E-state index contributed by atoms with van der Waals surface area (Å²) in [6, 6.07) is 0. The van der Waals surface area contributed by atoms with Gasteiger partial charge in [0.25, 0.3) is 0 Å². The molecule has 0 unspecified atom stereocenters. The fraction of sp³-hybridized carbons (Fsp3) is 0.900. The molecule has 0 rings (SSSR count). The van der Waals surface area contributed by atoms with Gasteiger partial charge < -0.3 is 9.67 Å². The van der Waals surface area contributed by atoms with Crippen molar-refractivity contribution in [1.82, 2.24) is 0 Å². The molecule has 0 aromatic heterocycles. The second-order valence-corrected chi connectivity index (χ2v) is 7.09. The number of unbranched alkanes of at least 4 members (excludes halogenated alkanes) is 2. The number of carboxylic acids is 1. The third-order valence-electron chi connectivity index (χ3n) is 2.26. The smallest absolute Gasteiger partial charge is 0.310 e. The molecule has 0 amide bonds. The fourth-order valence-corrected chi connectivity index (χ4v) is 4.23. The third-order valence-corrected chi connectivity index (χ3v) is 5.37. The minimum absolute atomic E-state index is 0.118. The molecule has 0 aliphatic heterocycles. The van der Waals surface area contributed by atoms with Gasteiger partial charge in [-0.05, 0) is 12.8 Å². The molecular formula is C10H21O3P. The van der Waals surface area contributed by atoms with Crippen molar-refractivity contribution in [3.05, 3.63) is 0 Å². The van der Waals surface area contributed by atoms with Crippen molar-refractivity contribution >= 4 is 13.1 Å². The summed E-state index contributed by atoms with van der Waals surface area (Å²) >= 11 is 0. The van der Waals surface area contributed by atoms with Gasteiger partial charge in [0.2, 0.25) is 0 Å². The van der Waals surface area contributed by atoms with E-state index in [4.69, 9.17) is 5.11 Å². The van der Waals surface area contributed by atoms with E-state index in [9.17, 15) is 9.36 Å². The van der Waals surface area contributed by atoms with E-state index in [1.165, 1.54) is 0 Å². The summed E-state index contributed by atoms with van der Waals surface area (Å²) in [6.45, 7) is 4.07. The van der Waals surface area contributed by atoms with E-state index in [0.717, 1.165) is 25.7 Å². The summed E-state index contributed by atoms with van der Waals surface area (Å²) in [5.41, 5.74) is 0. The largest absolute Gasteiger partial charge is 0.481 e. The Bertz CT molecular complexity index is 201. The van der Waals surface area contributed by atoms with Crippen LogP contribution in [-0.2, 0) is 9.36 Å². The van der Waals surface area contributed by atoms with Crippen molar-refractivity contribution in [3.63, 3.8) is 0 Å². The normalized spacial score (nSPS) is 11.6. The van der Waals surface area contributed by atoms with Crippen molar-refractivity contribution in [2.24, 2.45) is 0 Å². The third kappa shape index (κ3) is 6.20. The SMILES string of the molecule is CCCCP(=O)(CCCC)CC(=O)O. The Kier molecular flexibility index (Phi) is 6.90. The van der Waals surface area contributed by atoms with Crippen LogP contribution in [0.15, 0.2) is 0 Å². The molecule has 0 bridgehead atoms. The fourth-order valence-electron chi connectivity index (χ4n) is 1.41. The van der Waals surface area contributed by atoms with Gasteiger partial charge in [-0.25, -0.2) is 0 Å². The van der Waals surface area contributed by atoms with Crippen LogP contribution in [0.3, 0.4) is 0 Å². The number of aliphatic carboxylic acids is 1. The van der Waals surface area contributed by atoms with Crippen molar-refractivity contribution < 1.29 is 14.5 Å². The molecule has 14 heavy (non-hydrogen) atoms. The van der Waals surface area contributed by atoms with Crippen LogP contribution in [0.5, 0.6) is 0 Å². The van der Waals surface area contributed by atoms with E-state index >= 15 is 0 Å². The molecule has 1 N–H and O–H groups in total. The summed E-state index contributed by atoms with van der Waals surface area (Å²) < 4.78 is 12.2. The highest BCUT2D eigenvalue weighted by atomic mass is 31.2. The average molecular weight is 220 g/mol. The average Bonchev–Trinajstić information content (AvgIpc) is 2.11. The Morgan fingerprint density at radius 3 is 1.86 bits per heavy atom. The first-order chi connectivity index (χ1) is 6.54. The zero-order chi connectivity index (χ0) is 11.0. The minimum Gasteiger partial charge on any atom is -0.481 e. The molecule has 84 valence electrons. The number of carboxylic acid groups (broad SMARTS) is 1. The van der Waals surface area contributed by atoms with Crippen LogP contribution in [-0.4, -0.2) is 29.6 Å². The molecule has 3 nitrogen and oxygen atoms in total. The first-order valence-corrected chi connectivity index (χ1v) is 7.59. The Hall–Kier alpha value is -0.300. The predicted molar refractivity (Wildman–Crippen MR) is 59.7 cm³/mol. The molecule has 0 aromatic carbocycles. The summed E-state index contributed by atoms with van der Waals surface area (Å²) in [5, 5.41) is 8.68. The highest BCUT2D eigenvalue weighted by molar-refractivity contribution is 7.64. The van der Waals surface area contributed by atoms with Crippen molar-refractivity contribution in [2.75, 3.05) is 18.5 Å². The number of hydrogen-bond donors (Lipinski definition) is 1. The van der Waals surface area contributed by atoms with Crippen molar-refractivity contribution in [3.8, 4) is 0 Å². The molecule has 0 fully saturated rings. The van der Waals surface area contributed by atoms with Crippen molar-refractivity contribution in [2.45, 2.75) is 39.5 Å². The molecule has 0 heterocycles. The second kappa shape index (κ2) is 7.05. The lowest BCUT2D eigenvalue weighted by Crippen LogP contribution is -2.09. The molecule has 0 aliphatic rings. The van der Waals surface area contributed by atoms with Crippen molar-refractivity contribution in [1.29, 1.82) is 0 Å². The van der Waals surface area contributed by atoms with Gasteiger partial charge in [-0.3, -0.25) is 4.79 Å². The van der Waals surface area contributed by atoms with Gasteiger partial charge in [0.05, 0.1) is 13.3 Å². The maximum Gasteiger partial charge on any atom is 0.310 e. The summed E-state index contributed by atoms with van der Waals surface area (Å²) in [7, 11) is -2.41. The van der Waals surface area contributed by atoms with Gasteiger partial charge in [-0.15, -0.1) is 0 Å². The Morgan fingerprint density at radius 1 is 1.14 bits per heavy atom. The second-order valence-electron chi connectivity index (χ2n) is 3.76. The topological polar surface area (TPSA) is 54.4 Å². The summed E-state index contributed by atoms with van der Waals surface area (Å²) in [4.78, 5) is 10.6. The van der Waals surface area contributed by atoms with Gasteiger partial charge in [0, 0.05) is 12.3 Å². The van der Waals surface area contributed by atoms with Gasteiger partial charge in [0.15, 0.2) is 0 Å². The highest BCUT2D eigenvalue weighted by Crippen LogP contribution is 2.46. The number of hydrogen-bond acceptors (Lipinski definition) is 2. The molecule has 4 heteroatoms. The number of carbonyl (C=O) groups is 1. The van der Waals surface area contributed by atoms with Gasteiger partial charge in [-0.1, -0.05) is 26.7 Å². The molecule has 0 saturated heterocycles. The van der Waals surface area contributed by atoms with E-state index in [1.807, 2.05) is 13.8 Å². The summed E-state index contributed by atoms with van der Waals surface area (Å²) in [5.74, 6) is -0.916. The lowest BCUT2D eigenvalue weighted by atomic mass is 10.4. The quantitative estimate of drug-likeness (QED) is 0.639. The number of rotatable bonds is 8. The van der Waals surface area contributed by atoms with Crippen LogP contribution in [0.4, 0.5) is 0 Å². The predicted octanol–water partition coefficient (Wildman–Crippen LogP) is 3.03. The zero-order valence-corrected chi connectivity index (χ0v) is 10.1. The van der Waals surface area contributed by atoms with Gasteiger partial charge in [-0.2, -0.15) is 0 Å². The van der Waals surface area contributed by atoms with Crippen LogP contribution in [0.2, 0.25) is 0 Å². The molecule has 0 radical (unpaired) electrons. The maximum atomic E-state index is 12.2. The first kappa shape index (κ1) is 13.7. The molecule has 0 atom stereocenters. The molecule has 0 aromatic rings. The summed E-state index contributed by atoms with van der Waals surface area (Å²) in [6.07, 6.45) is 4.83.